The molecule has 2 aromatic heterocycles. The Balaban J connectivity index is 1.95. The van der Waals surface area contributed by atoms with Gasteiger partial charge < -0.3 is 5.32 Å². The van der Waals surface area contributed by atoms with Gasteiger partial charge in [-0.25, -0.2) is 4.98 Å². The van der Waals surface area contributed by atoms with Gasteiger partial charge in [0.15, 0.2) is 10.7 Å². The fourth-order valence-electron chi connectivity index (χ4n) is 3.26. The van der Waals surface area contributed by atoms with Gasteiger partial charge >= 0.3 is 0 Å². The Morgan fingerprint density at radius 1 is 1.23 bits per heavy atom. The number of fused-ring (bicyclic) bond motifs is 1. The lowest BCUT2D eigenvalue weighted by molar-refractivity contribution is -0.119. The van der Waals surface area contributed by atoms with E-state index in [-0.39, 0.29) is 23.3 Å². The van der Waals surface area contributed by atoms with Crippen molar-refractivity contribution in [2.45, 2.75) is 64.8 Å². The lowest BCUT2D eigenvalue weighted by atomic mass is 10.1. The van der Waals surface area contributed by atoms with Crippen LogP contribution >= 0.6 is 11.8 Å². The number of rotatable bonds is 9. The summed E-state index contributed by atoms with van der Waals surface area (Å²) in [5.41, 5.74) is 2.91. The summed E-state index contributed by atoms with van der Waals surface area (Å²) in [7, 11) is 0. The number of thioether (sulfide) groups is 1. The van der Waals surface area contributed by atoms with Crippen LogP contribution in [0, 0.1) is 6.92 Å². The molecule has 0 aliphatic heterocycles. The standard InChI is InChI=1S/C22H29N5O2S/c1-5-15(3)23-18(28)14-30-22-24-19-16(4)25-27(6-2)20(19)21(29)26(22)13-12-17-10-8-7-9-11-17/h7-11,15H,5-6,12-14H2,1-4H3,(H,23,28). The lowest BCUT2D eigenvalue weighted by Crippen LogP contribution is -2.33. The maximum absolute atomic E-state index is 13.4. The molecule has 0 bridgehead atoms. The van der Waals surface area contributed by atoms with E-state index in [0.717, 1.165) is 17.7 Å². The molecule has 1 aromatic carbocycles. The van der Waals surface area contributed by atoms with Gasteiger partial charge in [0, 0.05) is 19.1 Å². The number of amides is 1. The van der Waals surface area contributed by atoms with Gasteiger partial charge in [0.2, 0.25) is 5.91 Å². The lowest BCUT2D eigenvalue weighted by Gasteiger charge is -2.14. The maximum atomic E-state index is 13.4. The number of carbonyl (C=O) groups excluding carboxylic acids is 1. The van der Waals surface area contributed by atoms with E-state index < -0.39 is 0 Å². The van der Waals surface area contributed by atoms with E-state index >= 15 is 0 Å². The van der Waals surface area contributed by atoms with Crippen LogP contribution in [0.5, 0.6) is 0 Å². The molecule has 1 N–H and O–H groups in total. The van der Waals surface area contributed by atoms with Gasteiger partial charge in [-0.05, 0) is 39.2 Å². The third-order valence-electron chi connectivity index (χ3n) is 5.10. The topological polar surface area (TPSA) is 81.8 Å². The summed E-state index contributed by atoms with van der Waals surface area (Å²) >= 11 is 1.30. The van der Waals surface area contributed by atoms with E-state index in [9.17, 15) is 9.59 Å². The molecule has 2 heterocycles. The summed E-state index contributed by atoms with van der Waals surface area (Å²) in [6.45, 7) is 8.92. The number of nitrogens with zero attached hydrogens (tertiary/aromatic N) is 4. The molecule has 0 saturated carbocycles. The van der Waals surface area contributed by atoms with Crippen LogP contribution in [0.4, 0.5) is 0 Å². The van der Waals surface area contributed by atoms with E-state index in [1.165, 1.54) is 11.8 Å². The first kappa shape index (κ1) is 22.1. The van der Waals surface area contributed by atoms with Crippen LogP contribution in [0.3, 0.4) is 0 Å². The highest BCUT2D eigenvalue weighted by molar-refractivity contribution is 7.99. The largest absolute Gasteiger partial charge is 0.353 e. The second-order valence-corrected chi connectivity index (χ2v) is 8.29. The first-order valence-electron chi connectivity index (χ1n) is 10.4. The van der Waals surface area contributed by atoms with Gasteiger partial charge in [-0.2, -0.15) is 5.10 Å². The number of carbonyl (C=O) groups is 1. The van der Waals surface area contributed by atoms with Crippen molar-refractivity contribution in [2.75, 3.05) is 5.75 Å². The minimum absolute atomic E-state index is 0.0562. The fraction of sp³-hybridized carbons (Fsp3) is 0.455. The Morgan fingerprint density at radius 2 is 1.97 bits per heavy atom. The molecular formula is C22H29N5O2S. The van der Waals surface area contributed by atoms with Crippen molar-refractivity contribution in [3.63, 3.8) is 0 Å². The zero-order chi connectivity index (χ0) is 21.7. The van der Waals surface area contributed by atoms with Crippen LogP contribution in [0.15, 0.2) is 40.3 Å². The first-order chi connectivity index (χ1) is 14.4. The normalized spacial score (nSPS) is 12.3. The number of hydrogen-bond donors (Lipinski definition) is 1. The number of nitrogens with one attached hydrogen (secondary N) is 1. The molecule has 30 heavy (non-hydrogen) atoms. The first-order valence-corrected chi connectivity index (χ1v) is 11.4. The van der Waals surface area contributed by atoms with E-state index in [0.29, 0.717) is 35.7 Å². The Morgan fingerprint density at radius 3 is 2.63 bits per heavy atom. The molecular weight excluding hydrogens is 398 g/mol. The molecule has 0 saturated heterocycles. The van der Waals surface area contributed by atoms with Crippen molar-refractivity contribution in [1.29, 1.82) is 0 Å². The van der Waals surface area contributed by atoms with Crippen molar-refractivity contribution in [1.82, 2.24) is 24.6 Å². The van der Waals surface area contributed by atoms with Gasteiger partial charge in [0.25, 0.3) is 5.56 Å². The average Bonchev–Trinajstić information content (AvgIpc) is 3.08. The van der Waals surface area contributed by atoms with Crippen LogP contribution in [0.25, 0.3) is 11.0 Å². The number of aryl methyl sites for hydroxylation is 3. The molecule has 3 aromatic rings. The van der Waals surface area contributed by atoms with Gasteiger partial charge in [0.1, 0.15) is 5.52 Å². The molecule has 0 spiro atoms. The summed E-state index contributed by atoms with van der Waals surface area (Å²) < 4.78 is 3.40. The molecule has 0 radical (unpaired) electrons. The Bertz CT molecular complexity index is 1070. The fourth-order valence-corrected chi connectivity index (χ4v) is 4.09. The van der Waals surface area contributed by atoms with Crippen LogP contribution < -0.4 is 10.9 Å². The molecule has 3 rings (SSSR count). The van der Waals surface area contributed by atoms with Crippen molar-refractivity contribution in [3.05, 3.63) is 51.9 Å². The van der Waals surface area contributed by atoms with E-state index in [2.05, 4.69) is 10.4 Å². The van der Waals surface area contributed by atoms with Crippen molar-refractivity contribution in [3.8, 4) is 0 Å². The quantitative estimate of drug-likeness (QED) is 0.419. The highest BCUT2D eigenvalue weighted by Gasteiger charge is 2.19. The Hall–Kier alpha value is -2.61. The maximum Gasteiger partial charge on any atom is 0.280 e. The Labute approximate surface area is 180 Å². The molecule has 0 aliphatic rings. The molecule has 1 unspecified atom stereocenters. The number of aromatic nitrogens is 4. The second-order valence-electron chi connectivity index (χ2n) is 7.35. The monoisotopic (exact) mass is 427 g/mol. The predicted molar refractivity (Wildman–Crippen MR) is 121 cm³/mol. The minimum atomic E-state index is -0.108. The summed E-state index contributed by atoms with van der Waals surface area (Å²) in [5, 5.41) is 7.99. The van der Waals surface area contributed by atoms with Crippen molar-refractivity contribution < 1.29 is 4.79 Å². The molecule has 1 atom stereocenters. The van der Waals surface area contributed by atoms with Crippen LogP contribution in [-0.2, 0) is 24.3 Å². The number of benzene rings is 1. The molecule has 0 fully saturated rings. The van der Waals surface area contributed by atoms with Gasteiger partial charge in [-0.15, -0.1) is 0 Å². The summed E-state index contributed by atoms with van der Waals surface area (Å²) in [6, 6.07) is 10.2. The number of hydrogen-bond acceptors (Lipinski definition) is 5. The molecule has 160 valence electrons. The zero-order valence-electron chi connectivity index (χ0n) is 18.0. The summed E-state index contributed by atoms with van der Waals surface area (Å²) in [5.74, 6) is 0.161. The van der Waals surface area contributed by atoms with Crippen molar-refractivity contribution >= 4 is 28.7 Å². The molecule has 7 nitrogen and oxygen atoms in total. The van der Waals surface area contributed by atoms with E-state index in [1.807, 2.05) is 58.0 Å². The highest BCUT2D eigenvalue weighted by Crippen LogP contribution is 2.20. The summed E-state index contributed by atoms with van der Waals surface area (Å²) in [6.07, 6.45) is 1.58. The van der Waals surface area contributed by atoms with E-state index in [1.54, 1.807) is 9.25 Å². The highest BCUT2D eigenvalue weighted by atomic mass is 32.2. The predicted octanol–water partition coefficient (Wildman–Crippen LogP) is 3.17. The van der Waals surface area contributed by atoms with Crippen LogP contribution in [-0.4, -0.2) is 37.0 Å². The van der Waals surface area contributed by atoms with Gasteiger partial charge in [0.05, 0.1) is 11.4 Å². The molecule has 0 aliphatic carbocycles. The van der Waals surface area contributed by atoms with E-state index in [4.69, 9.17) is 4.98 Å². The van der Waals surface area contributed by atoms with Crippen molar-refractivity contribution in [2.24, 2.45) is 0 Å². The summed E-state index contributed by atoms with van der Waals surface area (Å²) in [4.78, 5) is 30.4. The second kappa shape index (κ2) is 9.93. The van der Waals surface area contributed by atoms with Crippen LogP contribution in [0.2, 0.25) is 0 Å². The third-order valence-corrected chi connectivity index (χ3v) is 6.08. The smallest absolute Gasteiger partial charge is 0.280 e. The zero-order valence-corrected chi connectivity index (χ0v) is 18.8. The molecule has 8 heteroatoms. The van der Waals surface area contributed by atoms with Gasteiger partial charge in [-0.1, -0.05) is 49.0 Å². The Kier molecular flexibility index (Phi) is 7.31. The SMILES string of the molecule is CCC(C)NC(=O)CSc1nc2c(C)nn(CC)c2c(=O)n1CCc1ccccc1. The third kappa shape index (κ3) is 4.92. The average molecular weight is 428 g/mol. The van der Waals surface area contributed by atoms with Crippen LogP contribution in [0.1, 0.15) is 38.4 Å². The van der Waals surface area contributed by atoms with Gasteiger partial charge in [-0.3, -0.25) is 18.8 Å². The molecule has 1 amide bonds. The minimum Gasteiger partial charge on any atom is -0.353 e.